The maximum absolute atomic E-state index is 7.63. The van der Waals surface area contributed by atoms with Gasteiger partial charge in [0.25, 0.3) is 0 Å². The summed E-state index contributed by atoms with van der Waals surface area (Å²) in [5, 5.41) is 7.27. The molecule has 254 valence electrons. The van der Waals surface area contributed by atoms with Crippen LogP contribution < -0.4 is 40.0 Å². The summed E-state index contributed by atoms with van der Waals surface area (Å²) in [6.45, 7) is 0. The largest absolute Gasteiger partial charge is 0.530 e. The monoisotopic (exact) mass is 714 g/mol. The van der Waals surface area contributed by atoms with Crippen molar-refractivity contribution >= 4 is 47.8 Å². The highest BCUT2D eigenvalue weighted by Gasteiger charge is 2.46. The zero-order valence-electron chi connectivity index (χ0n) is 29.3. The van der Waals surface area contributed by atoms with E-state index in [1.807, 2.05) is 0 Å². The summed E-state index contributed by atoms with van der Waals surface area (Å²) >= 11 is 0. The molecule has 4 heteroatoms. The van der Waals surface area contributed by atoms with Gasteiger partial charge in [-0.2, -0.15) is 0 Å². The normalized spacial score (nSPS) is 12.1. The van der Waals surface area contributed by atoms with Gasteiger partial charge in [0.2, 0.25) is 0 Å². The first kappa shape index (κ1) is 32.7. The second-order valence-corrected chi connectivity index (χ2v) is 20.1. The van der Waals surface area contributed by atoms with E-state index in [0.29, 0.717) is 0 Å². The van der Waals surface area contributed by atoms with Crippen molar-refractivity contribution in [3.63, 3.8) is 0 Å². The maximum atomic E-state index is 7.63. The zero-order chi connectivity index (χ0) is 35.5. The fraction of sp³-hybridized carbons (Fsp3) is 0.0204. The molecule has 0 aromatic heterocycles. The predicted molar refractivity (Wildman–Crippen MR) is 224 cm³/mol. The van der Waals surface area contributed by atoms with Crippen LogP contribution in [0.1, 0.15) is 11.1 Å². The van der Waals surface area contributed by atoms with Crippen LogP contribution in [-0.2, 0) is 6.42 Å². The first-order chi connectivity index (χ1) is 26.3. The molecule has 9 rings (SSSR count). The molecule has 1 aliphatic rings. The molecule has 8 aromatic carbocycles. The van der Waals surface area contributed by atoms with Gasteiger partial charge >= 0.3 is 16.6 Å². The number of rotatable bonds is 10. The number of fused-ring (bicyclic) bond motifs is 3. The van der Waals surface area contributed by atoms with Gasteiger partial charge in [-0.25, -0.2) is 0 Å². The lowest BCUT2D eigenvalue weighted by atomic mass is 10.1. The lowest BCUT2D eigenvalue weighted by Crippen LogP contribution is -2.71. The predicted octanol–water partition coefficient (Wildman–Crippen LogP) is 7.35. The number of hydrogen-bond acceptors (Lipinski definition) is 2. The van der Waals surface area contributed by atoms with E-state index in [2.05, 4.69) is 218 Å². The third-order valence-corrected chi connectivity index (χ3v) is 18.4. The Bertz CT molecular complexity index is 2260. The van der Waals surface area contributed by atoms with Crippen molar-refractivity contribution in [2.45, 2.75) is 6.42 Å². The molecule has 0 heterocycles. The van der Waals surface area contributed by atoms with E-state index in [1.54, 1.807) is 0 Å². The molecule has 2 nitrogen and oxygen atoms in total. The second-order valence-electron chi connectivity index (χ2n) is 13.5. The minimum absolute atomic E-state index is 0.761. The van der Waals surface area contributed by atoms with Crippen molar-refractivity contribution in [3.05, 3.63) is 230 Å². The molecule has 0 radical (unpaired) electrons. The quantitative estimate of drug-likeness (QED) is 0.109. The Labute approximate surface area is 313 Å². The van der Waals surface area contributed by atoms with Gasteiger partial charge in [-0.3, -0.25) is 0 Å². The highest BCUT2D eigenvalue weighted by molar-refractivity contribution is 7.08. The van der Waals surface area contributed by atoms with Gasteiger partial charge in [-0.05, 0) is 66.0 Å². The third kappa shape index (κ3) is 5.82. The highest BCUT2D eigenvalue weighted by atomic mass is 28.4. The summed E-state index contributed by atoms with van der Waals surface area (Å²) in [4.78, 5) is 0. The van der Waals surface area contributed by atoms with Crippen LogP contribution in [0.2, 0.25) is 0 Å². The summed E-state index contributed by atoms with van der Waals surface area (Å²) in [7, 11) is -5.94. The molecule has 0 aliphatic heterocycles. The van der Waals surface area contributed by atoms with E-state index in [1.165, 1.54) is 53.4 Å². The molecule has 0 saturated heterocycles. The Morgan fingerprint density at radius 2 is 0.698 bits per heavy atom. The van der Waals surface area contributed by atoms with Crippen molar-refractivity contribution in [1.82, 2.24) is 0 Å². The van der Waals surface area contributed by atoms with Crippen molar-refractivity contribution in [2.75, 3.05) is 0 Å². The van der Waals surface area contributed by atoms with Gasteiger partial charge in [0.1, 0.15) is 11.5 Å². The van der Waals surface area contributed by atoms with Crippen LogP contribution in [-0.4, -0.2) is 16.6 Å². The van der Waals surface area contributed by atoms with E-state index in [9.17, 15) is 0 Å². The van der Waals surface area contributed by atoms with E-state index in [-0.39, 0.29) is 0 Å². The molecule has 0 amide bonds. The Kier molecular flexibility index (Phi) is 8.68. The number of hydrogen-bond donors (Lipinski definition) is 0. The summed E-state index contributed by atoms with van der Waals surface area (Å²) in [6.07, 6.45) is 0.761. The SMILES string of the molecule is c1ccc([Si](Oc2ccc3c(c2)Cc2c(O[Si](c4ccccc4)(c4ccccc4)c4ccccc4)cccc2-3)(c2ccccc2)c2ccccc2)cc1. The lowest BCUT2D eigenvalue weighted by molar-refractivity contribution is 0.570. The van der Waals surface area contributed by atoms with Crippen LogP contribution in [0, 0.1) is 0 Å². The first-order valence-electron chi connectivity index (χ1n) is 18.2. The summed E-state index contributed by atoms with van der Waals surface area (Å²) < 4.78 is 15.1. The molecule has 0 spiro atoms. The van der Waals surface area contributed by atoms with Crippen molar-refractivity contribution in [1.29, 1.82) is 0 Å². The average molecular weight is 715 g/mol. The molecule has 0 bridgehead atoms. The van der Waals surface area contributed by atoms with Crippen LogP contribution in [0.25, 0.3) is 11.1 Å². The summed E-state index contributed by atoms with van der Waals surface area (Å²) in [5.41, 5.74) is 4.92. The van der Waals surface area contributed by atoms with Crippen molar-refractivity contribution in [2.24, 2.45) is 0 Å². The summed E-state index contributed by atoms with van der Waals surface area (Å²) in [5.74, 6) is 1.81. The van der Waals surface area contributed by atoms with Crippen molar-refractivity contribution < 1.29 is 8.85 Å². The molecular weight excluding hydrogens is 677 g/mol. The highest BCUT2D eigenvalue weighted by Crippen LogP contribution is 2.43. The molecular formula is C49H38O2Si2. The van der Waals surface area contributed by atoms with Gasteiger partial charge in [0.15, 0.2) is 0 Å². The fourth-order valence-corrected chi connectivity index (χ4v) is 15.7. The van der Waals surface area contributed by atoms with Gasteiger partial charge in [0, 0.05) is 12.0 Å². The standard InChI is InChI=1S/C49H38O2Si2/c1-7-20-40(21-8-1)52(41-22-9-2-10-23-41,42-24-11-3-12-25-42)50-39-34-35-46-38(36-39)37-48-47(46)32-19-33-49(48)51-53(43-26-13-4-14-27-43,44-28-15-5-16-29-44)45-30-17-6-18-31-45/h1-36H,37H2. The van der Waals surface area contributed by atoms with Gasteiger partial charge in [0.05, 0.1) is 0 Å². The summed E-state index contributed by atoms with van der Waals surface area (Å²) in [6, 6.07) is 77.9. The van der Waals surface area contributed by atoms with Crippen LogP contribution >= 0.6 is 0 Å². The number of benzene rings is 8. The smallest absolute Gasteiger partial charge is 0.346 e. The molecule has 1 aliphatic carbocycles. The zero-order valence-corrected chi connectivity index (χ0v) is 31.3. The Morgan fingerprint density at radius 1 is 0.321 bits per heavy atom. The molecule has 0 N–H and O–H groups in total. The van der Waals surface area contributed by atoms with Crippen molar-refractivity contribution in [3.8, 4) is 22.6 Å². The Balaban J connectivity index is 1.15. The van der Waals surface area contributed by atoms with Gasteiger partial charge < -0.3 is 8.85 Å². The van der Waals surface area contributed by atoms with Gasteiger partial charge in [-0.15, -0.1) is 0 Å². The molecule has 0 fully saturated rings. The molecule has 8 aromatic rings. The first-order valence-corrected chi connectivity index (χ1v) is 22.0. The van der Waals surface area contributed by atoms with E-state index in [4.69, 9.17) is 8.85 Å². The molecule has 0 unspecified atom stereocenters. The van der Waals surface area contributed by atoms with Crippen LogP contribution in [0.4, 0.5) is 0 Å². The Morgan fingerprint density at radius 3 is 1.09 bits per heavy atom. The van der Waals surface area contributed by atoms with Crippen LogP contribution in [0.5, 0.6) is 11.5 Å². The van der Waals surface area contributed by atoms with Crippen LogP contribution in [0.3, 0.4) is 0 Å². The third-order valence-electron chi connectivity index (χ3n) is 10.5. The van der Waals surface area contributed by atoms with E-state index >= 15 is 0 Å². The lowest BCUT2D eigenvalue weighted by Gasteiger charge is -2.34. The molecule has 0 atom stereocenters. The fourth-order valence-electron chi connectivity index (χ4n) is 8.06. The average Bonchev–Trinajstić information content (AvgIpc) is 3.62. The van der Waals surface area contributed by atoms with E-state index in [0.717, 1.165) is 17.9 Å². The second kappa shape index (κ2) is 14.1. The Hall–Kier alpha value is -6.21. The minimum atomic E-state index is -2.99. The molecule has 53 heavy (non-hydrogen) atoms. The van der Waals surface area contributed by atoms with Gasteiger partial charge in [-0.1, -0.05) is 200 Å². The van der Waals surface area contributed by atoms with Crippen LogP contribution in [0.15, 0.2) is 218 Å². The molecule has 0 saturated carbocycles. The topological polar surface area (TPSA) is 18.5 Å². The van der Waals surface area contributed by atoms with E-state index < -0.39 is 16.6 Å². The maximum Gasteiger partial charge on any atom is 0.346 e. The minimum Gasteiger partial charge on any atom is -0.530 e.